The van der Waals surface area contributed by atoms with Gasteiger partial charge in [0, 0.05) is 11.7 Å². The standard InChI is InChI=1S/C13H17OP/c1-2-3-6-10-15-11-9-12-7-4-5-8-13(12)14-15/h4-5,7-9,11H,2-3,6,10H2,1H3. The van der Waals surface area contributed by atoms with Crippen molar-refractivity contribution in [2.45, 2.75) is 26.2 Å². The number of benzene rings is 1. The third-order valence-electron chi connectivity index (χ3n) is 2.54. The maximum Gasteiger partial charge on any atom is 0.130 e. The zero-order chi connectivity index (χ0) is 10.5. The van der Waals surface area contributed by atoms with Crippen LogP contribution < -0.4 is 4.52 Å². The molecule has 1 heterocycles. The fraction of sp³-hybridized carbons (Fsp3) is 0.385. The van der Waals surface area contributed by atoms with Gasteiger partial charge in [0.15, 0.2) is 0 Å². The molecule has 0 N–H and O–H groups in total. The Bertz CT molecular complexity index is 346. The zero-order valence-electron chi connectivity index (χ0n) is 9.15. The summed E-state index contributed by atoms with van der Waals surface area (Å²) in [6, 6.07) is 8.26. The lowest BCUT2D eigenvalue weighted by atomic mass is 10.2. The lowest BCUT2D eigenvalue weighted by Crippen LogP contribution is -1.96. The molecule has 0 saturated heterocycles. The Morgan fingerprint density at radius 3 is 2.93 bits per heavy atom. The molecule has 80 valence electrons. The minimum atomic E-state index is -0.350. The smallest absolute Gasteiger partial charge is 0.130 e. The second-order valence-corrected chi connectivity index (χ2v) is 5.55. The number of fused-ring (bicyclic) bond motifs is 1. The van der Waals surface area contributed by atoms with Gasteiger partial charge in [-0.2, -0.15) is 0 Å². The normalized spacial score (nSPS) is 18.3. The Hall–Kier alpha value is -0.810. The van der Waals surface area contributed by atoms with Crippen LogP contribution in [-0.4, -0.2) is 6.16 Å². The van der Waals surface area contributed by atoms with Crippen molar-refractivity contribution < 1.29 is 4.52 Å². The van der Waals surface area contributed by atoms with Crippen LogP contribution >= 0.6 is 8.15 Å². The van der Waals surface area contributed by atoms with Crippen LogP contribution in [0.25, 0.3) is 6.08 Å². The Kier molecular flexibility index (Phi) is 3.80. The molecular formula is C13H17OP. The summed E-state index contributed by atoms with van der Waals surface area (Å²) in [6.07, 6.45) is 7.29. The van der Waals surface area contributed by atoms with Crippen molar-refractivity contribution in [1.82, 2.24) is 0 Å². The van der Waals surface area contributed by atoms with Gasteiger partial charge in [0.05, 0.1) is 0 Å². The van der Waals surface area contributed by atoms with E-state index in [0.717, 1.165) is 5.75 Å². The van der Waals surface area contributed by atoms with E-state index in [0.29, 0.717) is 0 Å². The van der Waals surface area contributed by atoms with Gasteiger partial charge in [-0.3, -0.25) is 0 Å². The number of unbranched alkanes of at least 4 members (excludes halogenated alkanes) is 2. The molecule has 1 nitrogen and oxygen atoms in total. The molecule has 1 aliphatic rings. The third kappa shape index (κ3) is 2.82. The molecule has 15 heavy (non-hydrogen) atoms. The van der Waals surface area contributed by atoms with Crippen LogP contribution in [-0.2, 0) is 0 Å². The maximum atomic E-state index is 5.96. The van der Waals surface area contributed by atoms with E-state index in [2.05, 4.69) is 37.0 Å². The summed E-state index contributed by atoms with van der Waals surface area (Å²) in [5, 5.41) is 0. The summed E-state index contributed by atoms with van der Waals surface area (Å²) >= 11 is 0. The number of hydrogen-bond donors (Lipinski definition) is 0. The van der Waals surface area contributed by atoms with Gasteiger partial charge >= 0.3 is 0 Å². The summed E-state index contributed by atoms with van der Waals surface area (Å²) < 4.78 is 5.96. The average Bonchev–Trinajstić information content (AvgIpc) is 2.29. The molecule has 1 unspecified atom stereocenters. The predicted molar refractivity (Wildman–Crippen MR) is 67.4 cm³/mol. The molecule has 1 aliphatic heterocycles. The van der Waals surface area contributed by atoms with Crippen LogP contribution in [0.1, 0.15) is 31.7 Å². The van der Waals surface area contributed by atoms with Crippen molar-refractivity contribution in [3.8, 4) is 5.75 Å². The van der Waals surface area contributed by atoms with Crippen molar-refractivity contribution in [2.75, 3.05) is 6.16 Å². The fourth-order valence-corrected chi connectivity index (χ4v) is 3.24. The van der Waals surface area contributed by atoms with Gasteiger partial charge in [-0.15, -0.1) is 0 Å². The van der Waals surface area contributed by atoms with Crippen LogP contribution in [0.4, 0.5) is 0 Å². The molecule has 0 spiro atoms. The molecule has 0 saturated carbocycles. The minimum absolute atomic E-state index is 0.350. The van der Waals surface area contributed by atoms with Gasteiger partial charge in [-0.25, -0.2) is 0 Å². The molecule has 2 rings (SSSR count). The molecule has 0 amide bonds. The van der Waals surface area contributed by atoms with Crippen molar-refractivity contribution in [2.24, 2.45) is 0 Å². The second kappa shape index (κ2) is 5.32. The molecule has 1 aromatic rings. The van der Waals surface area contributed by atoms with Gasteiger partial charge < -0.3 is 4.52 Å². The van der Waals surface area contributed by atoms with Crippen LogP contribution in [0.2, 0.25) is 0 Å². The molecule has 0 aromatic heterocycles. The monoisotopic (exact) mass is 220 g/mol. The summed E-state index contributed by atoms with van der Waals surface area (Å²) in [6.45, 7) is 2.24. The van der Waals surface area contributed by atoms with Crippen molar-refractivity contribution >= 4 is 14.2 Å². The maximum absolute atomic E-state index is 5.96. The first-order chi connectivity index (χ1) is 7.40. The van der Waals surface area contributed by atoms with E-state index in [1.54, 1.807) is 0 Å². The Morgan fingerprint density at radius 1 is 1.20 bits per heavy atom. The molecule has 0 bridgehead atoms. The molecule has 1 atom stereocenters. The van der Waals surface area contributed by atoms with E-state index < -0.39 is 0 Å². The Morgan fingerprint density at radius 2 is 2.07 bits per heavy atom. The number of hydrogen-bond acceptors (Lipinski definition) is 1. The van der Waals surface area contributed by atoms with Gasteiger partial charge in [0.25, 0.3) is 0 Å². The van der Waals surface area contributed by atoms with Gasteiger partial charge in [0.1, 0.15) is 13.9 Å². The largest absolute Gasteiger partial charge is 0.469 e. The highest BCUT2D eigenvalue weighted by atomic mass is 31.1. The average molecular weight is 220 g/mol. The van der Waals surface area contributed by atoms with Crippen molar-refractivity contribution in [1.29, 1.82) is 0 Å². The lowest BCUT2D eigenvalue weighted by molar-refractivity contribution is 0.610. The Labute approximate surface area is 93.0 Å². The molecular weight excluding hydrogens is 203 g/mol. The van der Waals surface area contributed by atoms with Gasteiger partial charge in [-0.05, 0) is 24.4 Å². The fourth-order valence-electron chi connectivity index (χ4n) is 1.66. The van der Waals surface area contributed by atoms with Crippen molar-refractivity contribution in [3.05, 3.63) is 35.6 Å². The highest BCUT2D eigenvalue weighted by Gasteiger charge is 2.13. The molecule has 1 aromatic carbocycles. The second-order valence-electron chi connectivity index (χ2n) is 3.79. The van der Waals surface area contributed by atoms with E-state index in [-0.39, 0.29) is 8.15 Å². The van der Waals surface area contributed by atoms with Gasteiger partial charge in [0.2, 0.25) is 0 Å². The van der Waals surface area contributed by atoms with E-state index in [4.69, 9.17) is 4.52 Å². The van der Waals surface area contributed by atoms with Crippen LogP contribution in [0.15, 0.2) is 30.1 Å². The highest BCUT2D eigenvalue weighted by Crippen LogP contribution is 2.46. The van der Waals surface area contributed by atoms with E-state index >= 15 is 0 Å². The van der Waals surface area contributed by atoms with Crippen LogP contribution in [0.5, 0.6) is 5.75 Å². The van der Waals surface area contributed by atoms with E-state index in [1.807, 2.05) is 6.07 Å². The summed E-state index contributed by atoms with van der Waals surface area (Å²) in [5.74, 6) is 3.30. The van der Waals surface area contributed by atoms with Crippen molar-refractivity contribution in [3.63, 3.8) is 0 Å². The third-order valence-corrected chi connectivity index (χ3v) is 4.21. The van der Waals surface area contributed by atoms with Gasteiger partial charge in [-0.1, -0.05) is 38.0 Å². The van der Waals surface area contributed by atoms with Crippen LogP contribution in [0.3, 0.4) is 0 Å². The predicted octanol–water partition coefficient (Wildman–Crippen LogP) is 4.64. The summed E-state index contributed by atoms with van der Waals surface area (Å²) in [7, 11) is -0.350. The number of rotatable bonds is 4. The first kappa shape index (κ1) is 10.7. The number of para-hydroxylation sites is 1. The summed E-state index contributed by atoms with van der Waals surface area (Å²) in [5.41, 5.74) is 1.21. The quantitative estimate of drug-likeness (QED) is 0.530. The van der Waals surface area contributed by atoms with Crippen LogP contribution in [0, 0.1) is 0 Å². The lowest BCUT2D eigenvalue weighted by Gasteiger charge is -2.20. The Balaban J connectivity index is 1.94. The molecule has 0 radical (unpaired) electrons. The first-order valence-corrected chi connectivity index (χ1v) is 7.13. The van der Waals surface area contributed by atoms with E-state index in [1.165, 1.54) is 31.0 Å². The first-order valence-electron chi connectivity index (χ1n) is 5.62. The topological polar surface area (TPSA) is 9.23 Å². The molecule has 2 heteroatoms. The highest BCUT2D eigenvalue weighted by molar-refractivity contribution is 7.56. The summed E-state index contributed by atoms with van der Waals surface area (Å²) in [4.78, 5) is 0. The molecule has 0 aliphatic carbocycles. The SMILES string of the molecule is CCCCCP1C=Cc2ccccc2O1. The van der Waals surface area contributed by atoms with E-state index in [9.17, 15) is 0 Å². The minimum Gasteiger partial charge on any atom is -0.469 e. The molecule has 0 fully saturated rings. The zero-order valence-corrected chi connectivity index (χ0v) is 10.0.